The van der Waals surface area contributed by atoms with E-state index in [1.165, 1.54) is 10.4 Å². The van der Waals surface area contributed by atoms with Crippen molar-refractivity contribution in [1.82, 2.24) is 24.4 Å². The molecule has 0 aliphatic carbocycles. The number of benzene rings is 2. The zero-order valence-electron chi connectivity index (χ0n) is 27.1. The molecule has 4 atom stereocenters. The summed E-state index contributed by atoms with van der Waals surface area (Å²) in [6.45, 7) is 11.4. The molecule has 11 nitrogen and oxygen atoms in total. The number of aromatic nitrogens is 4. The number of nitrogens with one attached hydrogen (secondary N) is 1. The van der Waals surface area contributed by atoms with Gasteiger partial charge in [0.1, 0.15) is 12.3 Å². The Labute approximate surface area is 265 Å². The van der Waals surface area contributed by atoms with Gasteiger partial charge < -0.3 is 23.5 Å². The Kier molecular flexibility index (Phi) is 9.99. The van der Waals surface area contributed by atoms with Gasteiger partial charge >= 0.3 is 0 Å². The predicted octanol–water partition coefficient (Wildman–Crippen LogP) is 3.97. The molecule has 2 aromatic carbocycles. The van der Waals surface area contributed by atoms with E-state index in [1.54, 1.807) is 22.1 Å². The van der Waals surface area contributed by atoms with Crippen LogP contribution in [0.2, 0.25) is 5.04 Å². The van der Waals surface area contributed by atoms with Gasteiger partial charge in [-0.15, -0.1) is 0 Å². The van der Waals surface area contributed by atoms with E-state index in [2.05, 4.69) is 89.2 Å². The third-order valence-electron chi connectivity index (χ3n) is 7.97. The van der Waals surface area contributed by atoms with Crippen LogP contribution in [0.4, 0.5) is 5.95 Å². The maximum Gasteiger partial charge on any atom is 0.280 e. The first kappa shape index (κ1) is 32.7. The second-order valence-corrected chi connectivity index (χ2v) is 16.8. The van der Waals surface area contributed by atoms with Crippen LogP contribution >= 0.6 is 0 Å². The van der Waals surface area contributed by atoms with E-state index >= 15 is 0 Å². The number of aliphatic imine (C=N–C) groups is 1. The molecule has 45 heavy (non-hydrogen) atoms. The molecule has 4 aromatic rings. The van der Waals surface area contributed by atoms with Crippen LogP contribution in [-0.2, 0) is 18.6 Å². The summed E-state index contributed by atoms with van der Waals surface area (Å²) in [5.41, 5.74) is 0.237. The Balaban J connectivity index is 1.50. The van der Waals surface area contributed by atoms with Gasteiger partial charge in [-0.25, -0.2) is 9.98 Å². The largest absolute Gasteiger partial charge is 0.405 e. The highest BCUT2D eigenvalue weighted by Crippen LogP contribution is 2.39. The molecular weight excluding hydrogens is 588 g/mol. The molecule has 2 unspecified atom stereocenters. The van der Waals surface area contributed by atoms with Gasteiger partial charge in [0.05, 0.1) is 25.4 Å². The zero-order chi connectivity index (χ0) is 32.2. The highest BCUT2D eigenvalue weighted by atomic mass is 28.4. The summed E-state index contributed by atoms with van der Waals surface area (Å²) >= 11 is 0. The average Bonchev–Trinajstić information content (AvgIpc) is 3.61. The van der Waals surface area contributed by atoms with Crippen molar-refractivity contribution in [1.29, 1.82) is 0 Å². The first-order valence-electron chi connectivity index (χ1n) is 15.4. The van der Waals surface area contributed by atoms with Crippen LogP contribution in [0.1, 0.15) is 47.3 Å². The molecule has 1 aliphatic heterocycles. The molecule has 240 valence electrons. The fraction of sp³-hybridized carbons (Fsp3) is 0.455. The van der Waals surface area contributed by atoms with Crippen molar-refractivity contribution in [2.45, 2.75) is 70.8 Å². The Morgan fingerprint density at radius 1 is 1.13 bits per heavy atom. The minimum absolute atomic E-state index is 0.185. The van der Waals surface area contributed by atoms with E-state index in [9.17, 15) is 4.79 Å². The van der Waals surface area contributed by atoms with E-state index in [0.717, 1.165) is 0 Å². The lowest BCUT2D eigenvalue weighted by molar-refractivity contribution is -0.172. The molecule has 1 N–H and O–H groups in total. The van der Waals surface area contributed by atoms with Gasteiger partial charge in [-0.3, -0.25) is 14.3 Å². The van der Waals surface area contributed by atoms with Gasteiger partial charge in [0.2, 0.25) is 5.95 Å². The number of hydrogen-bond acceptors (Lipinski definition) is 8. The average molecular weight is 633 g/mol. The first-order chi connectivity index (χ1) is 21.5. The van der Waals surface area contributed by atoms with Gasteiger partial charge in [-0.05, 0) is 29.3 Å². The van der Waals surface area contributed by atoms with E-state index in [-0.39, 0.29) is 28.2 Å². The van der Waals surface area contributed by atoms with E-state index in [0.29, 0.717) is 25.3 Å². The topological polar surface area (TPSA) is 116 Å². The molecule has 0 radical (unpaired) electrons. The van der Waals surface area contributed by atoms with Crippen LogP contribution in [0, 0.1) is 0 Å². The summed E-state index contributed by atoms with van der Waals surface area (Å²) in [4.78, 5) is 30.5. The normalized spacial score (nSPS) is 19.8. The second kappa shape index (κ2) is 13.8. The number of ether oxygens (including phenoxy) is 3. The lowest BCUT2D eigenvalue weighted by Crippen LogP contribution is -2.67. The van der Waals surface area contributed by atoms with Crippen molar-refractivity contribution in [2.75, 3.05) is 27.3 Å². The third-order valence-corrected chi connectivity index (χ3v) is 13.0. The van der Waals surface area contributed by atoms with Crippen molar-refractivity contribution in [3.8, 4) is 0 Å². The predicted molar refractivity (Wildman–Crippen MR) is 178 cm³/mol. The van der Waals surface area contributed by atoms with Crippen LogP contribution in [0.15, 0.2) is 76.8 Å². The van der Waals surface area contributed by atoms with Gasteiger partial charge in [0.15, 0.2) is 17.5 Å². The Bertz CT molecular complexity index is 1600. The molecule has 12 heteroatoms. The third kappa shape index (κ3) is 6.95. The SMILES string of the molecule is CCOC(C)OC1C[C@H](n2cnc3c(=O)[nH]c(/N=C\N(C)C)nc32)O[C@@H]1CO[Si](c1ccccc1)(c1ccccc1)C(C)(C)C. The van der Waals surface area contributed by atoms with Crippen molar-refractivity contribution in [3.63, 3.8) is 0 Å². The highest BCUT2D eigenvalue weighted by molar-refractivity contribution is 6.99. The zero-order valence-corrected chi connectivity index (χ0v) is 28.1. The van der Waals surface area contributed by atoms with Crippen molar-refractivity contribution < 1.29 is 18.6 Å². The molecule has 1 aliphatic rings. The van der Waals surface area contributed by atoms with Gasteiger partial charge in [-0.1, -0.05) is 81.4 Å². The summed E-state index contributed by atoms with van der Waals surface area (Å²) in [5.74, 6) is 0.185. The van der Waals surface area contributed by atoms with Crippen molar-refractivity contribution in [2.24, 2.45) is 4.99 Å². The molecule has 0 spiro atoms. The molecule has 5 rings (SSSR count). The summed E-state index contributed by atoms with van der Waals surface area (Å²) in [6.07, 6.45) is 1.94. The molecule has 1 saturated heterocycles. The van der Waals surface area contributed by atoms with Crippen LogP contribution in [0.5, 0.6) is 0 Å². The fourth-order valence-electron chi connectivity index (χ4n) is 6.01. The minimum Gasteiger partial charge on any atom is -0.405 e. The standard InChI is InChI=1S/C33H44N6O5Si/c1-8-41-23(2)43-26-19-28(39-22-34-29-30(39)36-32(37-31(29)40)35-21-38(6)7)44-27(26)20-42-45(33(3,4)5,24-15-11-9-12-16-24)25-17-13-10-14-18-25/h9-18,21-23,26-28H,8,19-20H2,1-7H3,(H,36,37,40)/b35-21-/t23?,26?,27-,28-/m1/s1. The second-order valence-electron chi connectivity index (χ2n) is 12.5. The smallest absolute Gasteiger partial charge is 0.280 e. The van der Waals surface area contributed by atoms with Gasteiger partial charge in [0, 0.05) is 27.1 Å². The lowest BCUT2D eigenvalue weighted by Gasteiger charge is -2.43. The van der Waals surface area contributed by atoms with Crippen LogP contribution in [0.25, 0.3) is 11.2 Å². The molecule has 0 bridgehead atoms. The Morgan fingerprint density at radius 2 is 1.78 bits per heavy atom. The van der Waals surface area contributed by atoms with Crippen molar-refractivity contribution in [3.05, 3.63) is 77.3 Å². The van der Waals surface area contributed by atoms with Crippen LogP contribution < -0.4 is 15.9 Å². The maximum atomic E-state index is 12.8. The van der Waals surface area contributed by atoms with Gasteiger partial charge in [-0.2, -0.15) is 4.98 Å². The number of aromatic amines is 1. The number of fused-ring (bicyclic) bond motifs is 1. The van der Waals surface area contributed by atoms with Crippen LogP contribution in [-0.4, -0.2) is 84.9 Å². The Morgan fingerprint density at radius 3 is 2.36 bits per heavy atom. The number of rotatable bonds is 12. The monoisotopic (exact) mass is 632 g/mol. The molecular formula is C33H44N6O5Si. The van der Waals surface area contributed by atoms with E-state index < -0.39 is 26.9 Å². The summed E-state index contributed by atoms with van der Waals surface area (Å²) in [7, 11) is 0.854. The summed E-state index contributed by atoms with van der Waals surface area (Å²) < 4.78 is 27.9. The summed E-state index contributed by atoms with van der Waals surface area (Å²) in [6, 6.07) is 21.0. The molecule has 2 aromatic heterocycles. The Hall–Kier alpha value is -3.68. The number of imidazole rings is 1. The van der Waals surface area contributed by atoms with Gasteiger partial charge in [0.25, 0.3) is 13.9 Å². The maximum absolute atomic E-state index is 12.8. The quantitative estimate of drug-likeness (QED) is 0.108. The molecule has 1 fully saturated rings. The number of nitrogens with zero attached hydrogens (tertiary/aromatic N) is 5. The first-order valence-corrected chi connectivity index (χ1v) is 17.3. The summed E-state index contributed by atoms with van der Waals surface area (Å²) in [5, 5.41) is 2.18. The molecule has 0 saturated carbocycles. The van der Waals surface area contributed by atoms with Crippen molar-refractivity contribution >= 4 is 42.1 Å². The number of H-pyrrole nitrogens is 1. The molecule has 3 heterocycles. The van der Waals surface area contributed by atoms with E-state index in [1.807, 2.05) is 40.1 Å². The molecule has 0 amide bonds. The number of hydrogen-bond donors (Lipinski definition) is 1. The van der Waals surface area contributed by atoms with Crippen LogP contribution in [0.3, 0.4) is 0 Å². The van der Waals surface area contributed by atoms with E-state index in [4.69, 9.17) is 18.6 Å². The highest BCUT2D eigenvalue weighted by Gasteiger charge is 2.51. The minimum atomic E-state index is -2.83. The fourth-order valence-corrected chi connectivity index (χ4v) is 10.6. The lowest BCUT2D eigenvalue weighted by atomic mass is 10.2.